The molecule has 0 atom stereocenters. The average molecular weight is 342 g/mol. The van der Waals surface area contributed by atoms with E-state index >= 15 is 0 Å². The van der Waals surface area contributed by atoms with Gasteiger partial charge < -0.3 is 10.1 Å². The highest BCUT2D eigenvalue weighted by atomic mass is 35.5. The number of carbonyl (C=O) groups is 1. The van der Waals surface area contributed by atoms with Gasteiger partial charge in [-0.15, -0.1) is 0 Å². The number of benzene rings is 2. The summed E-state index contributed by atoms with van der Waals surface area (Å²) in [6.07, 6.45) is 1.56. The molecule has 0 aliphatic heterocycles. The normalized spacial score (nSPS) is 10.5. The van der Waals surface area contributed by atoms with E-state index in [1.807, 2.05) is 37.3 Å². The Bertz CT molecular complexity index is 875. The zero-order valence-corrected chi connectivity index (χ0v) is 14.0. The van der Waals surface area contributed by atoms with Crippen LogP contribution in [0.4, 0.5) is 5.69 Å². The lowest BCUT2D eigenvalue weighted by molar-refractivity contribution is 0.102. The Morgan fingerprint density at radius 3 is 2.62 bits per heavy atom. The van der Waals surface area contributed by atoms with Crippen LogP contribution < -0.4 is 10.1 Å². The Hall–Kier alpha value is -2.79. The molecule has 0 spiro atoms. The van der Waals surface area contributed by atoms with Crippen LogP contribution in [-0.2, 0) is 0 Å². The minimum absolute atomic E-state index is 0.240. The van der Waals surface area contributed by atoms with E-state index in [0.717, 1.165) is 11.4 Å². The van der Waals surface area contributed by atoms with Crippen LogP contribution in [0.3, 0.4) is 0 Å². The summed E-state index contributed by atoms with van der Waals surface area (Å²) in [5, 5.41) is 7.56. The summed E-state index contributed by atoms with van der Waals surface area (Å²) in [6, 6.07) is 14.7. The highest BCUT2D eigenvalue weighted by Gasteiger charge is 2.15. The van der Waals surface area contributed by atoms with Crippen molar-refractivity contribution >= 4 is 23.2 Å². The number of aromatic nitrogens is 2. The number of halogens is 1. The summed E-state index contributed by atoms with van der Waals surface area (Å²) in [5.41, 5.74) is 2.77. The number of nitrogens with zero attached hydrogens (tertiary/aromatic N) is 2. The third-order valence-corrected chi connectivity index (χ3v) is 3.96. The molecule has 0 aliphatic carbocycles. The Kier molecular flexibility index (Phi) is 4.53. The molecule has 0 saturated carbocycles. The average Bonchev–Trinajstić information content (AvgIpc) is 2.97. The first-order valence-corrected chi connectivity index (χ1v) is 7.73. The number of carbonyl (C=O) groups excluding carboxylic acids is 1. The number of hydrogen-bond acceptors (Lipinski definition) is 3. The monoisotopic (exact) mass is 341 g/mol. The van der Waals surface area contributed by atoms with Crippen LogP contribution in [-0.4, -0.2) is 22.8 Å². The summed E-state index contributed by atoms with van der Waals surface area (Å²) in [4.78, 5) is 12.5. The molecule has 2 aromatic carbocycles. The molecule has 6 heteroatoms. The minimum Gasteiger partial charge on any atom is -0.495 e. The molecule has 0 saturated heterocycles. The van der Waals surface area contributed by atoms with E-state index in [9.17, 15) is 4.79 Å². The molecule has 1 heterocycles. The van der Waals surface area contributed by atoms with Gasteiger partial charge in [-0.2, -0.15) is 5.10 Å². The predicted octanol–water partition coefficient (Wildman–Crippen LogP) is 4.10. The fourth-order valence-electron chi connectivity index (χ4n) is 2.40. The topological polar surface area (TPSA) is 56.1 Å². The van der Waals surface area contributed by atoms with E-state index in [1.165, 1.54) is 0 Å². The fraction of sp³-hybridized carbons (Fsp3) is 0.111. The van der Waals surface area contributed by atoms with E-state index in [1.54, 1.807) is 36.2 Å². The van der Waals surface area contributed by atoms with E-state index in [4.69, 9.17) is 16.3 Å². The van der Waals surface area contributed by atoms with Crippen molar-refractivity contribution in [2.45, 2.75) is 6.92 Å². The lowest BCUT2D eigenvalue weighted by Gasteiger charge is -2.08. The smallest absolute Gasteiger partial charge is 0.259 e. The predicted molar refractivity (Wildman–Crippen MR) is 94.3 cm³/mol. The second-order valence-corrected chi connectivity index (χ2v) is 5.60. The van der Waals surface area contributed by atoms with Gasteiger partial charge in [-0.25, -0.2) is 4.68 Å². The molecule has 0 unspecified atom stereocenters. The van der Waals surface area contributed by atoms with Gasteiger partial charge in [0.25, 0.3) is 5.91 Å². The van der Waals surface area contributed by atoms with E-state index in [-0.39, 0.29) is 5.91 Å². The quantitative estimate of drug-likeness (QED) is 0.777. The van der Waals surface area contributed by atoms with Crippen molar-refractivity contribution in [3.05, 3.63) is 71.0 Å². The van der Waals surface area contributed by atoms with Crippen molar-refractivity contribution in [3.8, 4) is 11.4 Å². The standard InChI is InChI=1S/C18H16ClN3O2/c1-12-15(11-20-22(12)14-6-4-3-5-7-14)18(23)21-13-8-9-17(24-2)16(19)10-13/h3-11H,1-2H3,(H,21,23). The molecule has 122 valence electrons. The van der Waals surface area contributed by atoms with Crippen LogP contribution in [0.15, 0.2) is 54.7 Å². The van der Waals surface area contributed by atoms with Gasteiger partial charge in [0.2, 0.25) is 0 Å². The molecule has 3 rings (SSSR count). The highest BCUT2D eigenvalue weighted by Crippen LogP contribution is 2.27. The van der Waals surface area contributed by atoms with Crippen molar-refractivity contribution in [2.75, 3.05) is 12.4 Å². The van der Waals surface area contributed by atoms with Crippen LogP contribution in [0, 0.1) is 6.92 Å². The lowest BCUT2D eigenvalue weighted by atomic mass is 10.2. The van der Waals surface area contributed by atoms with Gasteiger partial charge in [-0.3, -0.25) is 4.79 Å². The summed E-state index contributed by atoms with van der Waals surface area (Å²) in [7, 11) is 1.54. The number of methoxy groups -OCH3 is 1. The van der Waals surface area contributed by atoms with Crippen molar-refractivity contribution in [2.24, 2.45) is 0 Å². The molecule has 5 nitrogen and oxygen atoms in total. The third kappa shape index (κ3) is 3.12. The number of hydrogen-bond donors (Lipinski definition) is 1. The largest absolute Gasteiger partial charge is 0.495 e. The first-order chi connectivity index (χ1) is 11.6. The van der Waals surface area contributed by atoms with Gasteiger partial charge in [0.05, 0.1) is 35.3 Å². The summed E-state index contributed by atoms with van der Waals surface area (Å²) < 4.78 is 6.84. The van der Waals surface area contributed by atoms with Gasteiger partial charge in [0, 0.05) is 5.69 Å². The third-order valence-electron chi connectivity index (χ3n) is 3.66. The SMILES string of the molecule is COc1ccc(NC(=O)c2cnn(-c3ccccc3)c2C)cc1Cl. The van der Waals surface area contributed by atoms with Crippen molar-refractivity contribution in [1.29, 1.82) is 0 Å². The first-order valence-electron chi connectivity index (χ1n) is 7.35. The number of nitrogens with one attached hydrogen (secondary N) is 1. The van der Waals surface area contributed by atoms with Gasteiger partial charge >= 0.3 is 0 Å². The van der Waals surface area contributed by atoms with E-state index in [2.05, 4.69) is 10.4 Å². The molecule has 1 amide bonds. The van der Waals surface area contributed by atoms with Gasteiger partial charge in [0.1, 0.15) is 5.75 Å². The zero-order valence-electron chi connectivity index (χ0n) is 13.3. The lowest BCUT2D eigenvalue weighted by Crippen LogP contribution is -2.13. The number of para-hydroxylation sites is 1. The number of rotatable bonds is 4. The maximum absolute atomic E-state index is 12.5. The number of ether oxygens (including phenoxy) is 1. The molecule has 0 radical (unpaired) electrons. The Morgan fingerprint density at radius 1 is 1.21 bits per heavy atom. The molecule has 24 heavy (non-hydrogen) atoms. The van der Waals surface area contributed by atoms with E-state index in [0.29, 0.717) is 22.0 Å². The van der Waals surface area contributed by atoms with Crippen LogP contribution >= 0.6 is 11.6 Å². The van der Waals surface area contributed by atoms with E-state index < -0.39 is 0 Å². The Morgan fingerprint density at radius 2 is 1.96 bits per heavy atom. The molecular weight excluding hydrogens is 326 g/mol. The zero-order chi connectivity index (χ0) is 17.1. The summed E-state index contributed by atoms with van der Waals surface area (Å²) in [6.45, 7) is 1.86. The molecule has 0 aliphatic rings. The second-order valence-electron chi connectivity index (χ2n) is 5.19. The number of anilines is 1. The van der Waals surface area contributed by atoms with Crippen molar-refractivity contribution < 1.29 is 9.53 Å². The maximum atomic E-state index is 12.5. The number of amides is 1. The molecule has 3 aromatic rings. The minimum atomic E-state index is -0.240. The van der Waals surface area contributed by atoms with Gasteiger partial charge in [-0.1, -0.05) is 29.8 Å². The van der Waals surface area contributed by atoms with Crippen molar-refractivity contribution in [3.63, 3.8) is 0 Å². The van der Waals surface area contributed by atoms with Crippen LogP contribution in [0.1, 0.15) is 16.1 Å². The molecule has 0 fully saturated rings. The molecule has 1 aromatic heterocycles. The maximum Gasteiger partial charge on any atom is 0.259 e. The van der Waals surface area contributed by atoms with Crippen molar-refractivity contribution in [1.82, 2.24) is 9.78 Å². The highest BCUT2D eigenvalue weighted by molar-refractivity contribution is 6.32. The van der Waals surface area contributed by atoms with Crippen LogP contribution in [0.2, 0.25) is 5.02 Å². The fourth-order valence-corrected chi connectivity index (χ4v) is 2.66. The second kappa shape index (κ2) is 6.76. The Labute approximate surface area is 144 Å². The summed E-state index contributed by atoms with van der Waals surface area (Å²) in [5.74, 6) is 0.318. The van der Waals surface area contributed by atoms with Gasteiger partial charge in [-0.05, 0) is 37.3 Å². The Balaban J connectivity index is 1.84. The molecule has 0 bridgehead atoms. The molecule has 1 N–H and O–H groups in total. The summed E-state index contributed by atoms with van der Waals surface area (Å²) >= 11 is 6.08. The van der Waals surface area contributed by atoms with Crippen LogP contribution in [0.5, 0.6) is 5.75 Å². The molecular formula is C18H16ClN3O2. The van der Waals surface area contributed by atoms with Crippen LogP contribution in [0.25, 0.3) is 5.69 Å². The first kappa shape index (κ1) is 16.1. The van der Waals surface area contributed by atoms with Gasteiger partial charge in [0.15, 0.2) is 0 Å².